The van der Waals surface area contributed by atoms with Crippen molar-refractivity contribution in [3.8, 4) is 0 Å². The Morgan fingerprint density at radius 3 is 2.71 bits per heavy atom. The number of nitrogens with zero attached hydrogens (tertiary/aromatic N) is 2. The summed E-state index contributed by atoms with van der Waals surface area (Å²) in [6.45, 7) is 11.7. The van der Waals surface area contributed by atoms with Crippen LogP contribution in [0.5, 0.6) is 0 Å². The summed E-state index contributed by atoms with van der Waals surface area (Å²) in [7, 11) is 0. The molecular weight excluding hydrogens is 342 g/mol. The molecule has 0 amide bonds. The number of hydrogen-bond acceptors (Lipinski definition) is 2. The molecule has 2 heterocycles. The summed E-state index contributed by atoms with van der Waals surface area (Å²) in [6, 6.07) is 15.2. The molecule has 1 saturated carbocycles. The van der Waals surface area contributed by atoms with Gasteiger partial charge in [0.25, 0.3) is 0 Å². The molecule has 0 spiro atoms. The molecule has 28 heavy (non-hydrogen) atoms. The van der Waals surface area contributed by atoms with E-state index in [1.165, 1.54) is 41.8 Å². The van der Waals surface area contributed by atoms with Crippen LogP contribution in [-0.4, -0.2) is 16.5 Å². The van der Waals surface area contributed by atoms with E-state index in [0.29, 0.717) is 0 Å². The fourth-order valence-corrected chi connectivity index (χ4v) is 4.16. The van der Waals surface area contributed by atoms with Crippen molar-refractivity contribution in [2.75, 3.05) is 11.4 Å². The number of rotatable bonds is 4. The van der Waals surface area contributed by atoms with Gasteiger partial charge in [-0.15, -0.1) is 0 Å². The van der Waals surface area contributed by atoms with Gasteiger partial charge in [0.15, 0.2) is 0 Å². The standard InChI is InChI=1S/C23H25N3.C2H6/c1-15(23-24-20-7-3-4-8-21(20)25-23)18-11-12-22-19(14-18)6-5-13-26(22)16(2)17-9-10-17;1-2/h3-4,7-8,11-12,14-15,17H,2,5-6,9-10,13H2,1H3,(H,24,25);1-2H3. The maximum absolute atomic E-state index is 4.80. The minimum atomic E-state index is 0.259. The van der Waals surface area contributed by atoms with E-state index in [2.05, 4.69) is 59.8 Å². The molecule has 5 rings (SSSR count). The summed E-state index contributed by atoms with van der Waals surface area (Å²) in [5.74, 6) is 2.02. The Bertz CT molecular complexity index is 947. The molecule has 2 aromatic carbocycles. The molecule has 3 nitrogen and oxygen atoms in total. The SMILES string of the molecule is C=C(C1CC1)N1CCCc2cc(C(C)c3nc4ccccc4[nH]3)ccc21.CC. The van der Waals surface area contributed by atoms with Gasteiger partial charge < -0.3 is 9.88 Å². The van der Waals surface area contributed by atoms with Crippen LogP contribution in [0.2, 0.25) is 0 Å². The van der Waals surface area contributed by atoms with Gasteiger partial charge in [-0.25, -0.2) is 4.98 Å². The number of aromatic amines is 1. The van der Waals surface area contributed by atoms with Gasteiger partial charge in [-0.3, -0.25) is 0 Å². The first-order valence-corrected chi connectivity index (χ1v) is 10.7. The minimum absolute atomic E-state index is 0.259. The zero-order valence-corrected chi connectivity index (χ0v) is 17.3. The Labute approximate surface area is 168 Å². The van der Waals surface area contributed by atoms with Gasteiger partial charge in [-0.05, 0) is 60.9 Å². The summed E-state index contributed by atoms with van der Waals surface area (Å²) in [5, 5.41) is 0. The Kier molecular flexibility index (Phi) is 5.25. The van der Waals surface area contributed by atoms with Crippen molar-refractivity contribution in [2.24, 2.45) is 5.92 Å². The van der Waals surface area contributed by atoms with Crippen molar-refractivity contribution in [3.63, 3.8) is 0 Å². The Morgan fingerprint density at radius 1 is 1.18 bits per heavy atom. The van der Waals surface area contributed by atoms with Gasteiger partial charge in [0, 0.05) is 23.8 Å². The lowest BCUT2D eigenvalue weighted by molar-refractivity contribution is 0.716. The number of allylic oxidation sites excluding steroid dienone is 1. The van der Waals surface area contributed by atoms with E-state index in [4.69, 9.17) is 4.98 Å². The molecule has 1 unspecified atom stereocenters. The average Bonchev–Trinajstić information content (AvgIpc) is 3.51. The summed E-state index contributed by atoms with van der Waals surface area (Å²) in [6.07, 6.45) is 4.99. The highest BCUT2D eigenvalue weighted by Gasteiger charge is 2.31. The zero-order valence-electron chi connectivity index (χ0n) is 17.3. The fourth-order valence-electron chi connectivity index (χ4n) is 4.16. The normalized spacial score (nSPS) is 16.9. The molecule has 3 heteroatoms. The number of anilines is 1. The lowest BCUT2D eigenvalue weighted by atomic mass is 9.93. The number of benzene rings is 2. The van der Waals surface area contributed by atoms with Crippen molar-refractivity contribution in [3.05, 3.63) is 71.7 Å². The highest BCUT2D eigenvalue weighted by atomic mass is 15.2. The third-order valence-corrected chi connectivity index (χ3v) is 5.94. The average molecular weight is 374 g/mol. The predicted octanol–water partition coefficient (Wildman–Crippen LogP) is 6.42. The van der Waals surface area contributed by atoms with Crippen LogP contribution in [0.3, 0.4) is 0 Å². The maximum Gasteiger partial charge on any atom is 0.114 e. The van der Waals surface area contributed by atoms with Crippen LogP contribution in [0, 0.1) is 5.92 Å². The van der Waals surface area contributed by atoms with Crippen LogP contribution >= 0.6 is 0 Å². The second kappa shape index (κ2) is 7.83. The molecule has 1 aliphatic heterocycles. The number of aryl methyl sites for hydroxylation is 1. The van der Waals surface area contributed by atoms with Crippen molar-refractivity contribution < 1.29 is 0 Å². The molecule has 1 N–H and O–H groups in total. The minimum Gasteiger partial charge on any atom is -0.345 e. The molecule has 146 valence electrons. The molecule has 1 fully saturated rings. The van der Waals surface area contributed by atoms with E-state index < -0.39 is 0 Å². The van der Waals surface area contributed by atoms with Gasteiger partial charge in [-0.2, -0.15) is 0 Å². The number of H-pyrrole nitrogens is 1. The Hall–Kier alpha value is -2.55. The van der Waals surface area contributed by atoms with E-state index in [9.17, 15) is 0 Å². The molecular formula is C25H31N3. The highest BCUT2D eigenvalue weighted by Crippen LogP contribution is 2.42. The molecule has 0 radical (unpaired) electrons. The van der Waals surface area contributed by atoms with Gasteiger partial charge in [-0.1, -0.05) is 51.6 Å². The predicted molar refractivity (Wildman–Crippen MR) is 119 cm³/mol. The quantitative estimate of drug-likeness (QED) is 0.572. The van der Waals surface area contributed by atoms with Crippen LogP contribution in [-0.2, 0) is 6.42 Å². The Balaban J connectivity index is 0.000000932. The Morgan fingerprint density at radius 2 is 1.96 bits per heavy atom. The third-order valence-electron chi connectivity index (χ3n) is 5.94. The first-order chi connectivity index (χ1) is 13.7. The highest BCUT2D eigenvalue weighted by molar-refractivity contribution is 5.75. The summed E-state index contributed by atoms with van der Waals surface area (Å²) < 4.78 is 0. The molecule has 1 aromatic heterocycles. The number of para-hydroxylation sites is 2. The van der Waals surface area contributed by atoms with Crippen molar-refractivity contribution in [1.29, 1.82) is 0 Å². The van der Waals surface area contributed by atoms with Crippen molar-refractivity contribution in [1.82, 2.24) is 9.97 Å². The molecule has 2 aliphatic rings. The second-order valence-corrected chi connectivity index (χ2v) is 7.77. The number of aromatic nitrogens is 2. The van der Waals surface area contributed by atoms with Crippen LogP contribution < -0.4 is 4.90 Å². The number of imidazole rings is 1. The van der Waals surface area contributed by atoms with Crippen LogP contribution in [0.25, 0.3) is 11.0 Å². The zero-order chi connectivity index (χ0) is 19.7. The first-order valence-electron chi connectivity index (χ1n) is 10.7. The van der Waals surface area contributed by atoms with E-state index >= 15 is 0 Å². The largest absolute Gasteiger partial charge is 0.345 e. The van der Waals surface area contributed by atoms with Crippen molar-refractivity contribution >= 4 is 16.7 Å². The fraction of sp³-hybridized carbons (Fsp3) is 0.400. The van der Waals surface area contributed by atoms with Crippen LogP contribution in [0.4, 0.5) is 5.69 Å². The summed E-state index contributed by atoms with van der Waals surface area (Å²) >= 11 is 0. The van der Waals surface area contributed by atoms with E-state index in [-0.39, 0.29) is 5.92 Å². The van der Waals surface area contributed by atoms with Crippen LogP contribution in [0.15, 0.2) is 54.7 Å². The summed E-state index contributed by atoms with van der Waals surface area (Å²) in [5.41, 5.74) is 7.64. The molecule has 1 aliphatic carbocycles. The smallest absolute Gasteiger partial charge is 0.114 e. The lowest BCUT2D eigenvalue weighted by Crippen LogP contribution is -2.29. The van der Waals surface area contributed by atoms with Gasteiger partial charge in [0.05, 0.1) is 11.0 Å². The molecule has 0 bridgehead atoms. The topological polar surface area (TPSA) is 31.9 Å². The molecule has 1 atom stereocenters. The van der Waals surface area contributed by atoms with E-state index in [1.807, 2.05) is 19.9 Å². The van der Waals surface area contributed by atoms with E-state index in [1.54, 1.807) is 0 Å². The maximum atomic E-state index is 4.80. The van der Waals surface area contributed by atoms with Gasteiger partial charge >= 0.3 is 0 Å². The third kappa shape index (κ3) is 3.46. The monoisotopic (exact) mass is 373 g/mol. The summed E-state index contributed by atoms with van der Waals surface area (Å²) in [4.78, 5) is 10.7. The number of fused-ring (bicyclic) bond motifs is 2. The van der Waals surface area contributed by atoms with Crippen molar-refractivity contribution in [2.45, 2.75) is 52.4 Å². The lowest BCUT2D eigenvalue weighted by Gasteiger charge is -2.33. The van der Waals surface area contributed by atoms with Gasteiger partial charge in [0.1, 0.15) is 5.82 Å². The number of hydrogen-bond donors (Lipinski definition) is 1. The molecule has 3 aromatic rings. The molecule has 0 saturated heterocycles. The van der Waals surface area contributed by atoms with E-state index in [0.717, 1.165) is 35.7 Å². The first kappa shape index (κ1) is 18.8. The van der Waals surface area contributed by atoms with Crippen LogP contribution in [0.1, 0.15) is 62.9 Å². The number of nitrogens with one attached hydrogen (secondary N) is 1. The second-order valence-electron chi connectivity index (χ2n) is 7.77. The van der Waals surface area contributed by atoms with Gasteiger partial charge in [0.2, 0.25) is 0 Å².